The third-order valence-corrected chi connectivity index (χ3v) is 3.17. The van der Waals surface area contributed by atoms with Gasteiger partial charge >= 0.3 is 16.6 Å². The van der Waals surface area contributed by atoms with Gasteiger partial charge in [0.25, 0.3) is 0 Å². The van der Waals surface area contributed by atoms with Gasteiger partial charge in [0.05, 0.1) is 6.10 Å². The molecular formula is C9H12Cl2F4O2. The SMILES string of the molecule is OC(OC1CCCCC1)(C(F)(F)Cl)C(F)(F)Cl. The molecule has 1 rings (SSSR count). The van der Waals surface area contributed by atoms with Crippen LogP contribution in [0.3, 0.4) is 0 Å². The molecule has 0 radical (unpaired) electrons. The van der Waals surface area contributed by atoms with E-state index in [9.17, 15) is 22.7 Å². The van der Waals surface area contributed by atoms with Crippen LogP contribution in [0.1, 0.15) is 32.1 Å². The Bertz CT molecular complexity index is 245. The maximum absolute atomic E-state index is 12.8. The standard InChI is InChI=1S/C9H12Cl2F4O2/c10-8(12,13)7(16,9(11,14)15)17-6-4-2-1-3-5-6/h6,16H,1-5H2. The van der Waals surface area contributed by atoms with Crippen molar-refractivity contribution in [3.8, 4) is 0 Å². The Morgan fingerprint density at radius 3 is 1.71 bits per heavy atom. The lowest BCUT2D eigenvalue weighted by atomic mass is 9.97. The molecule has 2 nitrogen and oxygen atoms in total. The zero-order valence-electron chi connectivity index (χ0n) is 8.74. The van der Waals surface area contributed by atoms with Crippen molar-refractivity contribution in [2.45, 2.75) is 54.8 Å². The van der Waals surface area contributed by atoms with E-state index in [-0.39, 0.29) is 0 Å². The Morgan fingerprint density at radius 2 is 1.35 bits per heavy atom. The molecule has 1 N–H and O–H groups in total. The highest BCUT2D eigenvalue weighted by molar-refractivity contribution is 6.26. The molecule has 0 aromatic carbocycles. The third kappa shape index (κ3) is 3.36. The van der Waals surface area contributed by atoms with Crippen LogP contribution in [0.5, 0.6) is 0 Å². The van der Waals surface area contributed by atoms with E-state index in [1.807, 2.05) is 0 Å². The molecule has 17 heavy (non-hydrogen) atoms. The molecule has 1 fully saturated rings. The van der Waals surface area contributed by atoms with Crippen molar-refractivity contribution in [3.63, 3.8) is 0 Å². The van der Waals surface area contributed by atoms with Crippen molar-refractivity contribution in [2.24, 2.45) is 0 Å². The van der Waals surface area contributed by atoms with Gasteiger partial charge < -0.3 is 9.84 Å². The van der Waals surface area contributed by atoms with Gasteiger partial charge in [-0.3, -0.25) is 0 Å². The van der Waals surface area contributed by atoms with Crippen LogP contribution in [0.15, 0.2) is 0 Å². The molecule has 0 aromatic heterocycles. The van der Waals surface area contributed by atoms with Crippen LogP contribution >= 0.6 is 23.2 Å². The predicted octanol–water partition coefficient (Wildman–Crippen LogP) is 3.69. The van der Waals surface area contributed by atoms with E-state index in [0.29, 0.717) is 25.7 Å². The van der Waals surface area contributed by atoms with E-state index >= 15 is 0 Å². The molecule has 0 bridgehead atoms. The Morgan fingerprint density at radius 1 is 0.941 bits per heavy atom. The smallest absolute Gasteiger partial charge is 0.354 e. The minimum atomic E-state index is -4.68. The van der Waals surface area contributed by atoms with Gasteiger partial charge in [-0.15, -0.1) is 0 Å². The minimum Gasteiger partial charge on any atom is -0.354 e. The molecule has 1 aliphatic carbocycles. The summed E-state index contributed by atoms with van der Waals surface area (Å²) in [4.78, 5) is 0. The second kappa shape index (κ2) is 5.07. The summed E-state index contributed by atoms with van der Waals surface area (Å²) in [7, 11) is 0. The summed E-state index contributed by atoms with van der Waals surface area (Å²) in [6.07, 6.45) is 1.89. The largest absolute Gasteiger partial charge is 0.382 e. The molecule has 0 heterocycles. The summed E-state index contributed by atoms with van der Waals surface area (Å²) >= 11 is 8.94. The van der Waals surface area contributed by atoms with Crippen molar-refractivity contribution in [1.29, 1.82) is 0 Å². The Kier molecular flexibility index (Phi) is 4.56. The van der Waals surface area contributed by atoms with Gasteiger partial charge in [-0.25, -0.2) is 0 Å². The first-order valence-electron chi connectivity index (χ1n) is 5.11. The maximum atomic E-state index is 12.8. The number of alkyl halides is 6. The van der Waals surface area contributed by atoms with Crippen molar-refractivity contribution in [3.05, 3.63) is 0 Å². The number of halogens is 6. The molecule has 0 saturated heterocycles. The van der Waals surface area contributed by atoms with Crippen LogP contribution in [0.2, 0.25) is 0 Å². The molecule has 0 atom stereocenters. The summed E-state index contributed by atoms with van der Waals surface area (Å²) in [5.74, 6) is -4.20. The van der Waals surface area contributed by atoms with Crippen LogP contribution in [0, 0.1) is 0 Å². The van der Waals surface area contributed by atoms with Crippen LogP contribution < -0.4 is 0 Å². The number of hydrogen-bond acceptors (Lipinski definition) is 2. The molecule has 0 unspecified atom stereocenters. The van der Waals surface area contributed by atoms with Gasteiger partial charge in [0.15, 0.2) is 0 Å². The Balaban J connectivity index is 2.84. The average Bonchev–Trinajstić information content (AvgIpc) is 2.15. The zero-order chi connectivity index (χ0) is 13.3. The molecule has 1 saturated carbocycles. The highest BCUT2D eigenvalue weighted by Crippen LogP contribution is 2.48. The normalized spacial score (nSPS) is 20.6. The summed E-state index contributed by atoms with van der Waals surface area (Å²) in [5.41, 5.74) is 0. The van der Waals surface area contributed by atoms with Crippen LogP contribution in [0.25, 0.3) is 0 Å². The van der Waals surface area contributed by atoms with Gasteiger partial charge in [0.1, 0.15) is 0 Å². The van der Waals surface area contributed by atoms with E-state index in [2.05, 4.69) is 27.9 Å². The summed E-state index contributed by atoms with van der Waals surface area (Å²) in [6, 6.07) is 0. The first-order valence-corrected chi connectivity index (χ1v) is 5.87. The fourth-order valence-corrected chi connectivity index (χ4v) is 2.09. The molecule has 8 heteroatoms. The fraction of sp³-hybridized carbons (Fsp3) is 1.00. The van der Waals surface area contributed by atoms with Gasteiger partial charge in [0, 0.05) is 0 Å². The van der Waals surface area contributed by atoms with E-state index < -0.39 is 22.7 Å². The van der Waals surface area contributed by atoms with Gasteiger partial charge in [-0.2, -0.15) is 17.6 Å². The number of hydrogen-bond donors (Lipinski definition) is 1. The maximum Gasteiger partial charge on any atom is 0.382 e. The lowest BCUT2D eigenvalue weighted by molar-refractivity contribution is -0.365. The van der Waals surface area contributed by atoms with Crippen LogP contribution in [-0.2, 0) is 4.74 Å². The molecule has 0 spiro atoms. The Labute approximate surface area is 106 Å². The minimum absolute atomic E-state index is 0.308. The van der Waals surface area contributed by atoms with Gasteiger partial charge in [0.2, 0.25) is 0 Å². The molecule has 0 aromatic rings. The first kappa shape index (κ1) is 15.3. The second-order valence-corrected chi connectivity index (χ2v) is 4.97. The van der Waals surface area contributed by atoms with Gasteiger partial charge in [-0.1, -0.05) is 19.3 Å². The third-order valence-electron chi connectivity index (χ3n) is 2.66. The predicted molar refractivity (Wildman–Crippen MR) is 54.5 cm³/mol. The van der Waals surface area contributed by atoms with Crippen LogP contribution in [0.4, 0.5) is 17.6 Å². The van der Waals surface area contributed by atoms with E-state index in [1.54, 1.807) is 0 Å². The highest BCUT2D eigenvalue weighted by atomic mass is 35.5. The molecule has 0 aliphatic heterocycles. The summed E-state index contributed by atoms with van der Waals surface area (Å²) in [6.45, 7) is 0. The van der Waals surface area contributed by atoms with Crippen molar-refractivity contribution >= 4 is 23.2 Å². The number of ether oxygens (including phenoxy) is 1. The lowest BCUT2D eigenvalue weighted by Crippen LogP contribution is -2.59. The van der Waals surface area contributed by atoms with Gasteiger partial charge in [-0.05, 0) is 36.0 Å². The lowest BCUT2D eigenvalue weighted by Gasteiger charge is -2.38. The van der Waals surface area contributed by atoms with Crippen LogP contribution in [-0.4, -0.2) is 27.8 Å². The van der Waals surface area contributed by atoms with Crippen molar-refractivity contribution < 1.29 is 27.4 Å². The average molecular weight is 299 g/mol. The Hall–Kier alpha value is 0.220. The molecule has 102 valence electrons. The van der Waals surface area contributed by atoms with E-state index in [1.165, 1.54) is 0 Å². The van der Waals surface area contributed by atoms with E-state index in [4.69, 9.17) is 0 Å². The summed E-state index contributed by atoms with van der Waals surface area (Å²) in [5, 5.41) is -0.119. The topological polar surface area (TPSA) is 29.5 Å². The second-order valence-electron chi connectivity index (χ2n) is 4.02. The highest BCUT2D eigenvalue weighted by Gasteiger charge is 2.69. The first-order chi connectivity index (χ1) is 7.58. The molecular weight excluding hydrogens is 287 g/mol. The zero-order valence-corrected chi connectivity index (χ0v) is 10.2. The quantitative estimate of drug-likeness (QED) is 0.487. The van der Waals surface area contributed by atoms with Crippen molar-refractivity contribution in [1.82, 2.24) is 0 Å². The van der Waals surface area contributed by atoms with Crippen molar-refractivity contribution in [2.75, 3.05) is 0 Å². The monoisotopic (exact) mass is 298 g/mol. The summed E-state index contributed by atoms with van der Waals surface area (Å²) < 4.78 is 55.8. The fourth-order valence-electron chi connectivity index (χ4n) is 1.72. The van der Waals surface area contributed by atoms with E-state index in [0.717, 1.165) is 6.42 Å². The molecule has 1 aliphatic rings. The number of rotatable bonds is 4. The number of aliphatic hydroxyl groups is 1. The molecule has 0 amide bonds.